The molecule has 6 nitrogen and oxygen atoms in total. The highest BCUT2D eigenvalue weighted by Crippen LogP contribution is 2.43. The van der Waals surface area contributed by atoms with Gasteiger partial charge in [0.15, 0.2) is 0 Å². The van der Waals surface area contributed by atoms with Crippen molar-refractivity contribution in [3.63, 3.8) is 0 Å². The molecule has 0 aliphatic carbocycles. The quantitative estimate of drug-likeness (QED) is 0.300. The molecule has 178 valence electrons. The molecule has 0 saturated heterocycles. The van der Waals surface area contributed by atoms with Crippen molar-refractivity contribution in [3.05, 3.63) is 67.6 Å². The molecule has 0 amide bonds. The molecule has 1 aliphatic rings. The first-order chi connectivity index (χ1) is 15.8. The number of nitrogens with zero attached hydrogens (tertiary/aromatic N) is 1. The molecule has 0 spiro atoms. The molecule has 0 radical (unpaired) electrons. The van der Waals surface area contributed by atoms with E-state index in [-0.39, 0.29) is 11.5 Å². The fourth-order valence-electron chi connectivity index (χ4n) is 3.89. The van der Waals surface area contributed by atoms with Gasteiger partial charge in [0.2, 0.25) is 5.56 Å². The maximum absolute atomic E-state index is 11.7. The molecule has 2 N–H and O–H groups in total. The molecule has 33 heavy (non-hydrogen) atoms. The average molecular weight is 510 g/mol. The van der Waals surface area contributed by atoms with E-state index in [0.29, 0.717) is 49.0 Å². The minimum absolute atomic E-state index is 0.109. The second-order valence-electron chi connectivity index (χ2n) is 7.87. The summed E-state index contributed by atoms with van der Waals surface area (Å²) in [6.45, 7) is 7.59. The number of halogens is 2. The number of ether oxygens (including phenoxy) is 1. The summed E-state index contributed by atoms with van der Waals surface area (Å²) in [5.74, 6) is -0.182. The van der Waals surface area contributed by atoms with Crippen molar-refractivity contribution >= 4 is 52.0 Å². The number of rotatable bonds is 9. The van der Waals surface area contributed by atoms with Crippen molar-refractivity contribution < 1.29 is 9.53 Å². The van der Waals surface area contributed by atoms with E-state index in [2.05, 4.69) is 20.9 Å². The standard InChI is InChI=1S/C24H29Cl2N3O3S/c1-4-17(7-6-8-21(31)32-5-2)23(26)22-15(3)24-18(12-19(22)25)14-29(33-28-24)13-16-9-10-27-20(30)11-16/h9-12,28H,4-8,13-14H2,1-3H3,(H,27,30)/b23-17-. The maximum atomic E-state index is 11.7. The van der Waals surface area contributed by atoms with Crippen LogP contribution in [0.2, 0.25) is 5.02 Å². The van der Waals surface area contributed by atoms with Crippen LogP contribution in [0.4, 0.5) is 5.69 Å². The number of carbonyl (C=O) groups excluding carboxylic acids is 1. The number of benzene rings is 1. The summed E-state index contributed by atoms with van der Waals surface area (Å²) in [7, 11) is 0. The zero-order valence-electron chi connectivity index (χ0n) is 19.1. The minimum Gasteiger partial charge on any atom is -0.466 e. The Bertz CT molecular complexity index is 1100. The molecule has 0 saturated carbocycles. The normalized spacial score (nSPS) is 14.3. The molecule has 1 aromatic carbocycles. The van der Waals surface area contributed by atoms with Crippen molar-refractivity contribution in [1.29, 1.82) is 0 Å². The largest absolute Gasteiger partial charge is 0.466 e. The number of carbonyl (C=O) groups is 1. The van der Waals surface area contributed by atoms with E-state index in [9.17, 15) is 9.59 Å². The van der Waals surface area contributed by atoms with Gasteiger partial charge in [-0.1, -0.05) is 35.7 Å². The first kappa shape index (κ1) is 25.7. The fraction of sp³-hybridized carbons (Fsp3) is 0.417. The first-order valence-corrected chi connectivity index (χ1v) is 12.6. The van der Waals surface area contributed by atoms with Gasteiger partial charge in [-0.15, -0.1) is 0 Å². The first-order valence-electron chi connectivity index (χ1n) is 11.0. The van der Waals surface area contributed by atoms with E-state index in [0.717, 1.165) is 39.9 Å². The van der Waals surface area contributed by atoms with Crippen molar-refractivity contribution in [2.75, 3.05) is 11.3 Å². The zero-order valence-corrected chi connectivity index (χ0v) is 21.4. The highest BCUT2D eigenvalue weighted by molar-refractivity contribution is 7.98. The SMILES string of the molecule is CCOC(=O)CCC/C(CC)=C(\Cl)c1c(Cl)cc2c(c1C)NSN(Cc1cc[nH]c(=O)c1)C2. The number of pyridine rings is 1. The van der Waals surface area contributed by atoms with Crippen molar-refractivity contribution in [2.45, 2.75) is 59.5 Å². The van der Waals surface area contributed by atoms with E-state index < -0.39 is 0 Å². The molecule has 3 rings (SSSR count). The second-order valence-corrected chi connectivity index (χ2v) is 9.56. The summed E-state index contributed by atoms with van der Waals surface area (Å²) >= 11 is 15.1. The third-order valence-electron chi connectivity index (χ3n) is 5.55. The Balaban J connectivity index is 1.79. The van der Waals surface area contributed by atoms with Crippen LogP contribution in [0.25, 0.3) is 5.03 Å². The molecule has 0 bridgehead atoms. The van der Waals surface area contributed by atoms with Crippen molar-refractivity contribution in [1.82, 2.24) is 9.29 Å². The summed E-state index contributed by atoms with van der Waals surface area (Å²) in [6, 6.07) is 5.47. The molecule has 1 aromatic heterocycles. The monoisotopic (exact) mass is 509 g/mol. The van der Waals surface area contributed by atoms with Gasteiger partial charge in [-0.25, -0.2) is 4.31 Å². The van der Waals surface area contributed by atoms with Gasteiger partial charge in [0.1, 0.15) is 0 Å². The van der Waals surface area contributed by atoms with Gasteiger partial charge in [-0.2, -0.15) is 0 Å². The van der Waals surface area contributed by atoms with E-state index in [1.165, 1.54) is 12.1 Å². The van der Waals surface area contributed by atoms with Crippen LogP contribution < -0.4 is 10.3 Å². The number of nitrogens with one attached hydrogen (secondary N) is 2. The van der Waals surface area contributed by atoms with Crippen LogP contribution in [0.5, 0.6) is 0 Å². The second kappa shape index (κ2) is 12.0. The van der Waals surface area contributed by atoms with Crippen LogP contribution in [-0.4, -0.2) is 21.9 Å². The molecule has 9 heteroatoms. The van der Waals surface area contributed by atoms with E-state index >= 15 is 0 Å². The molecule has 1 aliphatic heterocycles. The molecule has 2 aromatic rings. The van der Waals surface area contributed by atoms with Crippen LogP contribution in [-0.2, 0) is 22.6 Å². The number of hydrogen-bond donors (Lipinski definition) is 2. The van der Waals surface area contributed by atoms with E-state index in [4.69, 9.17) is 27.9 Å². The number of aromatic amines is 1. The van der Waals surface area contributed by atoms with Gasteiger partial charge in [0, 0.05) is 54.5 Å². The minimum atomic E-state index is -0.182. The highest BCUT2D eigenvalue weighted by atomic mass is 35.5. The molecular weight excluding hydrogens is 481 g/mol. The highest BCUT2D eigenvalue weighted by Gasteiger charge is 2.24. The number of anilines is 1. The number of fused-ring (bicyclic) bond motifs is 1. The zero-order chi connectivity index (χ0) is 24.0. The van der Waals surface area contributed by atoms with E-state index in [1.54, 1.807) is 19.2 Å². The van der Waals surface area contributed by atoms with Gasteiger partial charge in [0.05, 0.1) is 17.3 Å². The predicted molar refractivity (Wildman–Crippen MR) is 137 cm³/mol. The van der Waals surface area contributed by atoms with Crippen molar-refractivity contribution in [2.24, 2.45) is 0 Å². The number of allylic oxidation sites excluding steroid dienone is 1. The van der Waals surface area contributed by atoms with Crippen LogP contribution >= 0.6 is 35.3 Å². The Kier molecular flexibility index (Phi) is 9.32. The molecule has 0 fully saturated rings. The Hall–Kier alpha value is -1.93. The predicted octanol–water partition coefficient (Wildman–Crippen LogP) is 6.42. The molecular formula is C24H29Cl2N3O3S. The molecule has 2 heterocycles. The Labute approximate surface area is 209 Å². The van der Waals surface area contributed by atoms with E-state index in [1.807, 2.05) is 19.1 Å². The Morgan fingerprint density at radius 1 is 1.27 bits per heavy atom. The number of aromatic nitrogens is 1. The van der Waals surface area contributed by atoms with Gasteiger partial charge in [0.25, 0.3) is 0 Å². The third-order valence-corrected chi connectivity index (χ3v) is 7.12. The number of hydrogen-bond acceptors (Lipinski definition) is 6. The van der Waals surface area contributed by atoms with Crippen LogP contribution in [0, 0.1) is 6.92 Å². The number of esters is 1. The average Bonchev–Trinajstić information content (AvgIpc) is 2.76. The number of H-pyrrole nitrogens is 1. The topological polar surface area (TPSA) is 74.4 Å². The van der Waals surface area contributed by atoms with Crippen LogP contribution in [0.3, 0.4) is 0 Å². The van der Waals surface area contributed by atoms with Crippen molar-refractivity contribution in [3.8, 4) is 0 Å². The molecule has 0 atom stereocenters. The van der Waals surface area contributed by atoms with Crippen LogP contribution in [0.15, 0.2) is 34.8 Å². The van der Waals surface area contributed by atoms with Crippen LogP contribution in [0.1, 0.15) is 61.8 Å². The lowest BCUT2D eigenvalue weighted by molar-refractivity contribution is -0.143. The smallest absolute Gasteiger partial charge is 0.305 e. The summed E-state index contributed by atoms with van der Waals surface area (Å²) in [6.07, 6.45) is 4.21. The Morgan fingerprint density at radius 3 is 2.76 bits per heavy atom. The lowest BCUT2D eigenvalue weighted by atomic mass is 9.96. The van der Waals surface area contributed by atoms with Gasteiger partial charge in [-0.05, 0) is 61.9 Å². The third kappa shape index (κ3) is 6.57. The Morgan fingerprint density at radius 2 is 2.06 bits per heavy atom. The summed E-state index contributed by atoms with van der Waals surface area (Å²) in [5, 5.41) is 1.27. The summed E-state index contributed by atoms with van der Waals surface area (Å²) < 4.78 is 10.6. The molecule has 0 unspecified atom stereocenters. The van der Waals surface area contributed by atoms with Gasteiger partial charge < -0.3 is 14.4 Å². The van der Waals surface area contributed by atoms with Gasteiger partial charge >= 0.3 is 5.97 Å². The lowest BCUT2D eigenvalue weighted by Gasteiger charge is -2.30. The maximum Gasteiger partial charge on any atom is 0.305 e. The van der Waals surface area contributed by atoms with Gasteiger partial charge in [-0.3, -0.25) is 9.59 Å². The lowest BCUT2D eigenvalue weighted by Crippen LogP contribution is -2.23. The summed E-state index contributed by atoms with van der Waals surface area (Å²) in [5.41, 5.74) is 5.84. The fourth-order valence-corrected chi connectivity index (χ4v) is 5.70. The summed E-state index contributed by atoms with van der Waals surface area (Å²) in [4.78, 5) is 25.9.